The number of amides is 1. The number of aryl methyl sites for hydroxylation is 2. The van der Waals surface area contributed by atoms with E-state index in [1.807, 2.05) is 25.9 Å². The topological polar surface area (TPSA) is 41.4 Å². The first-order valence-corrected chi connectivity index (χ1v) is 8.02. The molecule has 0 atom stereocenters. The molecule has 1 aromatic heterocycles. The molecule has 21 heavy (non-hydrogen) atoms. The molecule has 0 saturated carbocycles. The lowest BCUT2D eigenvalue weighted by Gasteiger charge is -2.34. The van der Waals surface area contributed by atoms with Crippen LogP contribution in [0.25, 0.3) is 0 Å². The number of carbonyl (C=O) groups is 1. The monoisotopic (exact) mass is 310 g/mol. The molecule has 0 radical (unpaired) electrons. The van der Waals surface area contributed by atoms with Crippen LogP contribution in [0.4, 0.5) is 0 Å². The minimum atomic E-state index is -0.239. The highest BCUT2D eigenvalue weighted by Gasteiger charge is 2.51. The fraction of sp³-hybridized carbons (Fsp3) is 0.733. The van der Waals surface area contributed by atoms with E-state index in [0.717, 1.165) is 50.0 Å². The molecular weight excluding hydrogens is 288 g/mol. The van der Waals surface area contributed by atoms with Gasteiger partial charge in [0.25, 0.3) is 0 Å². The van der Waals surface area contributed by atoms with Crippen LogP contribution in [0.5, 0.6) is 0 Å². The fourth-order valence-corrected chi connectivity index (χ4v) is 4.21. The summed E-state index contributed by atoms with van der Waals surface area (Å²) in [6.07, 6.45) is 4.25. The Hall–Kier alpha value is -1.07. The average molecular weight is 311 g/mol. The molecule has 0 aromatic carbocycles. The third kappa shape index (κ3) is 2.27. The molecule has 0 spiro atoms. The fourth-order valence-electron chi connectivity index (χ4n) is 3.97. The summed E-state index contributed by atoms with van der Waals surface area (Å²) in [5.41, 5.74) is 1.61. The van der Waals surface area contributed by atoms with Crippen LogP contribution in [0.15, 0.2) is 0 Å². The molecule has 1 aromatic rings. The lowest BCUT2D eigenvalue weighted by Crippen LogP contribution is -2.52. The van der Waals surface area contributed by atoms with Crippen molar-refractivity contribution in [1.82, 2.24) is 19.6 Å². The van der Waals surface area contributed by atoms with Crippen LogP contribution in [0.3, 0.4) is 0 Å². The second kappa shape index (κ2) is 5.29. The molecule has 0 aliphatic carbocycles. The van der Waals surface area contributed by atoms with Crippen molar-refractivity contribution in [1.29, 1.82) is 0 Å². The predicted molar refractivity (Wildman–Crippen MR) is 82.2 cm³/mol. The third-order valence-electron chi connectivity index (χ3n) is 5.05. The zero-order valence-electron chi connectivity index (χ0n) is 13.0. The normalized spacial score (nSPS) is 20.8. The molecule has 3 rings (SSSR count). The Kier molecular flexibility index (Phi) is 3.74. The first kappa shape index (κ1) is 14.9. The molecule has 5 nitrogen and oxygen atoms in total. The van der Waals surface area contributed by atoms with E-state index in [0.29, 0.717) is 11.7 Å². The van der Waals surface area contributed by atoms with Crippen LogP contribution in [0.2, 0.25) is 5.15 Å². The average Bonchev–Trinajstić information content (AvgIpc) is 3.07. The van der Waals surface area contributed by atoms with Gasteiger partial charge in [0.05, 0.1) is 12.2 Å². The number of rotatable bonds is 3. The Morgan fingerprint density at radius 3 is 2.52 bits per heavy atom. The maximum Gasteiger partial charge on any atom is 0.243 e. The summed E-state index contributed by atoms with van der Waals surface area (Å²) < 4.78 is 1.67. The van der Waals surface area contributed by atoms with E-state index in [1.54, 1.807) is 4.68 Å². The van der Waals surface area contributed by atoms with Crippen LogP contribution in [0, 0.1) is 6.92 Å². The van der Waals surface area contributed by atoms with E-state index in [2.05, 4.69) is 10.00 Å². The van der Waals surface area contributed by atoms with Gasteiger partial charge in [-0.05, 0) is 45.7 Å². The smallest absolute Gasteiger partial charge is 0.243 e. The molecule has 1 amide bonds. The highest BCUT2D eigenvalue weighted by Crippen LogP contribution is 2.40. The quantitative estimate of drug-likeness (QED) is 0.857. The molecule has 2 saturated heterocycles. The van der Waals surface area contributed by atoms with E-state index in [-0.39, 0.29) is 11.4 Å². The van der Waals surface area contributed by atoms with Crippen molar-refractivity contribution in [2.24, 2.45) is 7.05 Å². The van der Waals surface area contributed by atoms with Gasteiger partial charge in [-0.25, -0.2) is 0 Å². The zero-order chi connectivity index (χ0) is 15.2. The van der Waals surface area contributed by atoms with E-state index in [1.165, 1.54) is 0 Å². The lowest BCUT2D eigenvalue weighted by molar-refractivity contribution is -0.140. The Labute approximate surface area is 130 Å². The number of aromatic nitrogens is 2. The van der Waals surface area contributed by atoms with Crippen molar-refractivity contribution >= 4 is 17.5 Å². The third-order valence-corrected chi connectivity index (χ3v) is 5.52. The molecule has 6 heteroatoms. The molecule has 3 heterocycles. The van der Waals surface area contributed by atoms with Crippen LogP contribution < -0.4 is 0 Å². The van der Waals surface area contributed by atoms with Crippen LogP contribution in [-0.4, -0.2) is 51.2 Å². The van der Waals surface area contributed by atoms with Crippen LogP contribution >= 0.6 is 11.6 Å². The number of halogens is 1. The summed E-state index contributed by atoms with van der Waals surface area (Å²) in [6, 6.07) is 0. The van der Waals surface area contributed by atoms with Crippen LogP contribution in [-0.2, 0) is 18.4 Å². The minimum Gasteiger partial charge on any atom is -0.340 e. The highest BCUT2D eigenvalue weighted by molar-refractivity contribution is 6.30. The van der Waals surface area contributed by atoms with E-state index >= 15 is 0 Å². The van der Waals surface area contributed by atoms with Gasteiger partial charge in [0.2, 0.25) is 5.91 Å². The van der Waals surface area contributed by atoms with Crippen molar-refractivity contribution in [3.05, 3.63) is 16.4 Å². The molecule has 2 aliphatic heterocycles. The second-order valence-electron chi connectivity index (χ2n) is 6.37. The van der Waals surface area contributed by atoms with Gasteiger partial charge in [-0.15, -0.1) is 0 Å². The van der Waals surface area contributed by atoms with Gasteiger partial charge in [0.1, 0.15) is 10.7 Å². The van der Waals surface area contributed by atoms with E-state index < -0.39 is 0 Å². The Balaban J connectivity index is 1.79. The summed E-state index contributed by atoms with van der Waals surface area (Å²) in [4.78, 5) is 17.2. The number of nitrogens with zero attached hydrogens (tertiary/aromatic N) is 4. The lowest BCUT2D eigenvalue weighted by atomic mass is 9.92. The molecule has 2 aliphatic rings. The minimum absolute atomic E-state index is 0.239. The standard InChI is InChI=1S/C15H23ClN4O/c1-11-12(13(16)19(3)17-11)10-18(2)14(21)15-6-4-8-20(15)9-5-7-15/h4-10H2,1-3H3. The Bertz CT molecular complexity index is 558. The van der Waals surface area contributed by atoms with Gasteiger partial charge < -0.3 is 4.90 Å². The van der Waals surface area contributed by atoms with Crippen molar-refractivity contribution in [2.75, 3.05) is 20.1 Å². The first-order valence-electron chi connectivity index (χ1n) is 7.64. The number of fused-ring (bicyclic) bond motifs is 1. The van der Waals surface area contributed by atoms with E-state index in [9.17, 15) is 4.79 Å². The maximum absolute atomic E-state index is 13.0. The molecule has 0 N–H and O–H groups in total. The van der Waals surface area contributed by atoms with Gasteiger partial charge in [0.15, 0.2) is 0 Å². The summed E-state index contributed by atoms with van der Waals surface area (Å²) in [6.45, 7) is 4.60. The summed E-state index contributed by atoms with van der Waals surface area (Å²) >= 11 is 6.28. The van der Waals surface area contributed by atoms with Gasteiger partial charge in [-0.2, -0.15) is 5.10 Å². The highest BCUT2D eigenvalue weighted by atomic mass is 35.5. The summed E-state index contributed by atoms with van der Waals surface area (Å²) in [7, 11) is 3.71. The SMILES string of the molecule is Cc1nn(C)c(Cl)c1CN(C)C(=O)C12CCCN1CCC2. The van der Waals surface area contributed by atoms with Gasteiger partial charge >= 0.3 is 0 Å². The number of carbonyl (C=O) groups excluding carboxylic acids is 1. The molecular formula is C15H23ClN4O. The Morgan fingerprint density at radius 2 is 2.00 bits per heavy atom. The molecule has 0 bridgehead atoms. The molecule has 2 fully saturated rings. The van der Waals surface area contributed by atoms with E-state index in [4.69, 9.17) is 11.6 Å². The van der Waals surface area contributed by atoms with Gasteiger partial charge in [-0.3, -0.25) is 14.4 Å². The number of hydrogen-bond acceptors (Lipinski definition) is 3. The van der Waals surface area contributed by atoms with Crippen LogP contribution in [0.1, 0.15) is 36.9 Å². The number of likely N-dealkylation sites (N-methyl/N-ethyl adjacent to an activating group) is 1. The zero-order valence-corrected chi connectivity index (χ0v) is 13.8. The van der Waals surface area contributed by atoms with Crippen molar-refractivity contribution in [3.63, 3.8) is 0 Å². The Morgan fingerprint density at radius 1 is 1.38 bits per heavy atom. The summed E-state index contributed by atoms with van der Waals surface area (Å²) in [5, 5.41) is 4.95. The van der Waals surface area contributed by atoms with Crippen molar-refractivity contribution < 1.29 is 4.79 Å². The van der Waals surface area contributed by atoms with Crippen molar-refractivity contribution in [2.45, 2.75) is 44.7 Å². The predicted octanol–water partition coefficient (Wildman–Crippen LogP) is 1.97. The van der Waals surface area contributed by atoms with Gasteiger partial charge in [-0.1, -0.05) is 11.6 Å². The first-order chi connectivity index (χ1) is 9.95. The molecule has 0 unspecified atom stereocenters. The summed E-state index contributed by atoms with van der Waals surface area (Å²) in [5.74, 6) is 0.247. The van der Waals surface area contributed by atoms with Crippen molar-refractivity contribution in [3.8, 4) is 0 Å². The van der Waals surface area contributed by atoms with Gasteiger partial charge in [0, 0.05) is 19.7 Å². The maximum atomic E-state index is 13.0. The number of hydrogen-bond donors (Lipinski definition) is 0. The molecule has 116 valence electrons. The largest absolute Gasteiger partial charge is 0.340 e. The second-order valence-corrected chi connectivity index (χ2v) is 6.72.